The maximum atomic E-state index is 14.2. The molecule has 1 aromatic carbocycles. The van der Waals surface area contributed by atoms with Crippen molar-refractivity contribution in [3.8, 4) is 5.75 Å². The number of allylic oxidation sites excluding steroid dienone is 3. The highest BCUT2D eigenvalue weighted by molar-refractivity contribution is 6.35. The van der Waals surface area contributed by atoms with Crippen molar-refractivity contribution in [2.75, 3.05) is 118 Å². The number of nitrogens with two attached hydrogens (primary N) is 1. The molecule has 21 heteroatoms. The molecule has 0 spiro atoms. The van der Waals surface area contributed by atoms with Gasteiger partial charge in [0.15, 0.2) is 0 Å². The van der Waals surface area contributed by atoms with E-state index in [1.807, 2.05) is 44.2 Å². The van der Waals surface area contributed by atoms with Gasteiger partial charge in [0.1, 0.15) is 34.6 Å². The van der Waals surface area contributed by atoms with E-state index in [9.17, 15) is 24.0 Å². The lowest BCUT2D eigenvalue weighted by atomic mass is 9.85. The van der Waals surface area contributed by atoms with Gasteiger partial charge < -0.3 is 73.5 Å². The number of nitrogens with zero attached hydrogens (tertiary/aromatic N) is 2. The zero-order valence-corrected chi connectivity index (χ0v) is 42.0. The molecule has 4 amide bonds. The van der Waals surface area contributed by atoms with Gasteiger partial charge in [0, 0.05) is 39.0 Å². The number of alkyl carbamates (subject to hydrolysis) is 1. The quantitative estimate of drug-likeness (QED) is 0.0687. The molecule has 20 nitrogen and oxygen atoms in total. The standard InChI is InChI=1S/C48H74ClN5O15/c1-32-10-8-9-11-36-29-38(67-47(59)52-36)33(2)45-48(4,69-45)40(30-43(57)54(6)37-27-35(26-32)28-39(60-7)44(37)49)68-46(58)34(3)53(5)42(56)12-14-61-16-18-63-20-22-65-24-25-66-23-21-64-19-17-62-15-13-51-41(55)31-50/h8-10,27-28,33-34,36,38,40,45H,11-26,29-31,50H2,1-7H3,(H,51,55)(H,52,59)/b9-8+,32-10+/t33-,34+,36+,38+,40+,45?,48+/m1/s1. The van der Waals surface area contributed by atoms with Crippen LogP contribution in [0.4, 0.5) is 10.5 Å². The highest BCUT2D eigenvalue weighted by Crippen LogP contribution is 2.49. The normalized spacial score (nSPS) is 24.4. The van der Waals surface area contributed by atoms with Gasteiger partial charge in [-0.3, -0.25) is 14.4 Å². The molecule has 3 aliphatic heterocycles. The van der Waals surface area contributed by atoms with Gasteiger partial charge in [-0.1, -0.05) is 42.3 Å². The van der Waals surface area contributed by atoms with Crippen molar-refractivity contribution < 1.29 is 71.3 Å². The molecule has 3 aliphatic rings. The molecule has 4 rings (SSSR count). The van der Waals surface area contributed by atoms with E-state index in [0.717, 1.165) is 11.1 Å². The summed E-state index contributed by atoms with van der Waals surface area (Å²) in [6.45, 7) is 11.8. The van der Waals surface area contributed by atoms with E-state index < -0.39 is 47.9 Å². The number of nitrogens with one attached hydrogen (secondary N) is 2. The molecule has 69 heavy (non-hydrogen) atoms. The first-order valence-corrected chi connectivity index (χ1v) is 24.0. The molecule has 1 aromatic rings. The molecule has 3 heterocycles. The first-order chi connectivity index (χ1) is 33.1. The van der Waals surface area contributed by atoms with Crippen LogP contribution >= 0.6 is 11.6 Å². The van der Waals surface area contributed by atoms with Crippen LogP contribution in [-0.2, 0) is 68.2 Å². The van der Waals surface area contributed by atoms with Gasteiger partial charge in [-0.15, -0.1) is 0 Å². The van der Waals surface area contributed by atoms with Crippen molar-refractivity contribution in [1.82, 2.24) is 15.5 Å². The molecule has 0 aliphatic carbocycles. The van der Waals surface area contributed by atoms with E-state index in [-0.39, 0.29) is 61.4 Å². The van der Waals surface area contributed by atoms with Gasteiger partial charge in [-0.25, -0.2) is 9.59 Å². The van der Waals surface area contributed by atoms with E-state index >= 15 is 0 Å². The average Bonchev–Trinajstić information content (AvgIpc) is 4.03. The summed E-state index contributed by atoms with van der Waals surface area (Å²) in [4.78, 5) is 67.8. The summed E-state index contributed by atoms with van der Waals surface area (Å²) >= 11 is 6.79. The van der Waals surface area contributed by atoms with Crippen molar-refractivity contribution in [3.63, 3.8) is 0 Å². The monoisotopic (exact) mass is 995 g/mol. The Morgan fingerprint density at radius 1 is 0.971 bits per heavy atom. The van der Waals surface area contributed by atoms with Crippen LogP contribution in [0.25, 0.3) is 0 Å². The lowest BCUT2D eigenvalue weighted by Gasteiger charge is -2.33. The number of anilines is 1. The lowest BCUT2D eigenvalue weighted by molar-refractivity contribution is -0.162. The first kappa shape index (κ1) is 57.2. The predicted octanol–water partition coefficient (Wildman–Crippen LogP) is 3.13. The minimum atomic E-state index is -1.13. The summed E-state index contributed by atoms with van der Waals surface area (Å²) in [6.07, 6.45) is 4.72. The fourth-order valence-electron chi connectivity index (χ4n) is 7.79. The Balaban J connectivity index is 1.22. The Hall–Kier alpha value is -4.38. The molecule has 4 bridgehead atoms. The van der Waals surface area contributed by atoms with E-state index in [1.54, 1.807) is 20.9 Å². The van der Waals surface area contributed by atoms with Crippen LogP contribution in [0.5, 0.6) is 5.75 Å². The number of epoxide rings is 1. The van der Waals surface area contributed by atoms with Gasteiger partial charge >= 0.3 is 12.1 Å². The first-order valence-electron chi connectivity index (χ1n) is 23.6. The Bertz CT molecular complexity index is 1890. The number of rotatable bonds is 26. The van der Waals surface area contributed by atoms with Crippen LogP contribution < -0.4 is 26.0 Å². The summed E-state index contributed by atoms with van der Waals surface area (Å²) in [5.41, 5.74) is 6.41. The maximum absolute atomic E-state index is 14.2. The van der Waals surface area contributed by atoms with E-state index in [2.05, 4.69) is 10.6 Å². The van der Waals surface area contributed by atoms with Crippen molar-refractivity contribution in [2.24, 2.45) is 11.7 Å². The fraction of sp³-hybridized carbons (Fsp3) is 0.688. The summed E-state index contributed by atoms with van der Waals surface area (Å²) in [5.74, 6) is -1.62. The molecule has 0 radical (unpaired) electrons. The van der Waals surface area contributed by atoms with Crippen molar-refractivity contribution in [3.05, 3.63) is 46.5 Å². The van der Waals surface area contributed by atoms with Gasteiger partial charge in [-0.2, -0.15) is 0 Å². The van der Waals surface area contributed by atoms with E-state index in [1.165, 1.54) is 24.0 Å². The number of ether oxygens (including phenoxy) is 10. The maximum Gasteiger partial charge on any atom is 0.407 e. The minimum absolute atomic E-state index is 0.00401. The number of hydrogen-bond acceptors (Lipinski definition) is 16. The molecular weight excluding hydrogens is 922 g/mol. The number of carbonyl (C=O) groups is 5. The van der Waals surface area contributed by atoms with Crippen LogP contribution in [0, 0.1) is 5.92 Å². The molecule has 2 fully saturated rings. The summed E-state index contributed by atoms with van der Waals surface area (Å²) in [7, 11) is 4.61. The molecule has 0 saturated carbocycles. The summed E-state index contributed by atoms with van der Waals surface area (Å²) in [6, 6.07) is 2.48. The van der Waals surface area contributed by atoms with Crippen LogP contribution in [0.2, 0.25) is 5.02 Å². The number of hydrogen-bond donors (Lipinski definition) is 3. The van der Waals surface area contributed by atoms with Crippen LogP contribution in [0.1, 0.15) is 58.9 Å². The summed E-state index contributed by atoms with van der Waals surface area (Å²) in [5, 5.41) is 5.77. The minimum Gasteiger partial charge on any atom is -0.495 e. The highest BCUT2D eigenvalue weighted by atomic mass is 35.5. The van der Waals surface area contributed by atoms with Crippen LogP contribution in [0.3, 0.4) is 0 Å². The third-order valence-electron chi connectivity index (χ3n) is 12.2. The number of methoxy groups -OCH3 is 1. The van der Waals surface area contributed by atoms with E-state index in [0.29, 0.717) is 103 Å². The highest BCUT2D eigenvalue weighted by Gasteiger charge is 2.63. The predicted molar refractivity (Wildman–Crippen MR) is 255 cm³/mol. The number of halogens is 1. The Morgan fingerprint density at radius 3 is 2.16 bits per heavy atom. The zero-order chi connectivity index (χ0) is 50.3. The third-order valence-corrected chi connectivity index (χ3v) is 12.5. The molecule has 2 saturated heterocycles. The number of amides is 4. The Kier molecular flexibility index (Phi) is 24.6. The van der Waals surface area contributed by atoms with Crippen molar-refractivity contribution in [1.29, 1.82) is 0 Å². The molecule has 0 aromatic heterocycles. The van der Waals surface area contributed by atoms with Gasteiger partial charge in [0.25, 0.3) is 0 Å². The zero-order valence-electron chi connectivity index (χ0n) is 41.3. The molecule has 4 N–H and O–H groups in total. The van der Waals surface area contributed by atoms with Crippen LogP contribution in [0.15, 0.2) is 35.9 Å². The molecule has 1 unspecified atom stereocenters. The topological polar surface area (TPSA) is 238 Å². The second-order valence-corrected chi connectivity index (χ2v) is 17.7. The number of likely N-dealkylation sites (N-methyl/N-ethyl adjacent to an activating group) is 1. The van der Waals surface area contributed by atoms with Gasteiger partial charge in [0.2, 0.25) is 17.7 Å². The number of benzene rings is 1. The SMILES string of the molecule is COc1cc2cc(c1Cl)N(C)C(=O)C[C@H](OC(=O)[C@H](C)N(C)C(=O)CCOCCOCCOCCOCCOCCOCCNC(=O)CN)[C@]1(C)OC1[C@H](C)[C@@H]1C[C@H](C/C=C/C=C(\C)C2)NC(=O)O1. The molecule has 388 valence electrons. The second-order valence-electron chi connectivity index (χ2n) is 17.3. The van der Waals surface area contributed by atoms with Gasteiger partial charge in [0.05, 0.1) is 118 Å². The van der Waals surface area contributed by atoms with Crippen molar-refractivity contribution in [2.45, 2.75) is 95.8 Å². The Morgan fingerprint density at radius 2 is 1.57 bits per heavy atom. The number of carbonyl (C=O) groups excluding carboxylic acids is 5. The number of esters is 1. The van der Waals surface area contributed by atoms with E-state index in [4.69, 9.17) is 64.7 Å². The fourth-order valence-corrected chi connectivity index (χ4v) is 8.10. The number of fused-ring (bicyclic) bond motifs is 5. The van der Waals surface area contributed by atoms with Crippen LogP contribution in [-0.4, -0.2) is 184 Å². The largest absolute Gasteiger partial charge is 0.495 e. The third kappa shape index (κ3) is 18.7. The smallest absolute Gasteiger partial charge is 0.407 e. The van der Waals surface area contributed by atoms with Crippen molar-refractivity contribution >= 4 is 47.1 Å². The van der Waals surface area contributed by atoms with Gasteiger partial charge in [-0.05, 0) is 51.3 Å². The second kappa shape index (κ2) is 29.7. The average molecular weight is 997 g/mol. The Labute approximate surface area is 411 Å². The molecule has 7 atom stereocenters. The lowest BCUT2D eigenvalue weighted by Crippen LogP contribution is -2.49. The molecular formula is C48H74ClN5O15. The summed E-state index contributed by atoms with van der Waals surface area (Å²) < 4.78 is 56.7.